The maximum Gasteiger partial charge on any atom is 0.242 e. The zero-order chi connectivity index (χ0) is 36.8. The molecule has 0 radical (unpaired) electrons. The first-order valence-corrected chi connectivity index (χ1v) is 17.3. The largest absolute Gasteiger partial charge is 0.345 e. The molecule has 0 spiro atoms. The van der Waals surface area contributed by atoms with Gasteiger partial charge in [0.05, 0.1) is 41.6 Å². The van der Waals surface area contributed by atoms with Crippen LogP contribution in [0, 0.1) is 0 Å². The summed E-state index contributed by atoms with van der Waals surface area (Å²) in [6.45, 7) is 3.84. The molecular formula is C41H45N9O2. The maximum atomic E-state index is 13.2. The number of benzene rings is 3. The Morgan fingerprint density at radius 1 is 0.538 bits per heavy atom. The molecule has 3 aromatic heterocycles. The van der Waals surface area contributed by atoms with E-state index in [0.29, 0.717) is 11.6 Å². The standard InChI is InChI=1S/C41H45N9O2/c1-26(45-40(51)36(49(3)4)30-13-9-7-10-14-30)38-43-24-34(47-38)29-19-17-28(18-20-29)33-22-21-32(23-42-33)35-25-44-39(48-35)27(2)46-41(52)37(50(5)6)31-15-11-8-12-16-31/h7-27,36-37H,1-6H3,(H,43,47)(H,44,48)(H,45,51)(H,46,52)/t26-,27?,36+,37+/m0/s1. The van der Waals surface area contributed by atoms with E-state index in [2.05, 4.69) is 30.6 Å². The third-order valence-electron chi connectivity index (χ3n) is 9.06. The normalized spacial score (nSPS) is 13.8. The average Bonchev–Trinajstić information content (AvgIpc) is 3.84. The van der Waals surface area contributed by atoms with Crippen LogP contribution in [0.25, 0.3) is 33.8 Å². The Labute approximate surface area is 304 Å². The SMILES string of the molecule is CC(NC(=O)[C@@H](c1ccccc1)N(C)C)c1ncc(-c2ccc(-c3ccc(-c4cnc([C@H](C)NC(=O)[C@@H](c5ccccc5)N(C)C)[nH]4)cc3)nc2)[nH]1. The van der Waals surface area contributed by atoms with Gasteiger partial charge in [-0.3, -0.25) is 24.4 Å². The number of rotatable bonds is 13. The fourth-order valence-electron chi connectivity index (χ4n) is 6.31. The van der Waals surface area contributed by atoms with Crippen LogP contribution >= 0.6 is 0 Å². The molecule has 4 N–H and O–H groups in total. The molecule has 52 heavy (non-hydrogen) atoms. The maximum absolute atomic E-state index is 13.2. The number of nitrogens with zero attached hydrogens (tertiary/aromatic N) is 5. The summed E-state index contributed by atoms with van der Waals surface area (Å²) in [6.07, 6.45) is 5.37. The van der Waals surface area contributed by atoms with Crippen molar-refractivity contribution >= 4 is 11.8 Å². The highest BCUT2D eigenvalue weighted by molar-refractivity contribution is 5.84. The number of likely N-dealkylation sites (N-methyl/N-ethyl adjacent to an activating group) is 2. The Balaban J connectivity index is 1.07. The highest BCUT2D eigenvalue weighted by Crippen LogP contribution is 2.27. The highest BCUT2D eigenvalue weighted by Gasteiger charge is 2.26. The molecule has 0 aliphatic carbocycles. The van der Waals surface area contributed by atoms with Gasteiger partial charge in [0.2, 0.25) is 11.8 Å². The Morgan fingerprint density at radius 2 is 0.962 bits per heavy atom. The van der Waals surface area contributed by atoms with E-state index in [9.17, 15) is 9.59 Å². The molecular weight excluding hydrogens is 651 g/mol. The van der Waals surface area contributed by atoms with Gasteiger partial charge < -0.3 is 20.6 Å². The van der Waals surface area contributed by atoms with Crippen LogP contribution in [0.3, 0.4) is 0 Å². The summed E-state index contributed by atoms with van der Waals surface area (Å²) in [5.74, 6) is 1.16. The minimum absolute atomic E-state index is 0.0895. The van der Waals surface area contributed by atoms with E-state index in [1.807, 2.05) is 155 Å². The Bertz CT molecular complexity index is 1920. The van der Waals surface area contributed by atoms with E-state index in [1.165, 1.54) is 0 Å². The molecule has 4 atom stereocenters. The van der Waals surface area contributed by atoms with E-state index in [4.69, 9.17) is 4.98 Å². The van der Waals surface area contributed by atoms with Crippen molar-refractivity contribution in [1.29, 1.82) is 0 Å². The summed E-state index contributed by atoms with van der Waals surface area (Å²) >= 11 is 0. The van der Waals surface area contributed by atoms with E-state index >= 15 is 0 Å². The van der Waals surface area contributed by atoms with Gasteiger partial charge in [0, 0.05) is 17.3 Å². The first kappa shape index (κ1) is 35.9. The Kier molecular flexibility index (Phi) is 11.0. The van der Waals surface area contributed by atoms with Gasteiger partial charge in [0.1, 0.15) is 23.7 Å². The molecule has 2 amide bonds. The first-order chi connectivity index (χ1) is 25.1. The van der Waals surface area contributed by atoms with Crippen LogP contribution in [-0.2, 0) is 9.59 Å². The number of hydrogen-bond donors (Lipinski definition) is 4. The molecule has 0 bridgehead atoms. The van der Waals surface area contributed by atoms with Crippen molar-refractivity contribution in [3.63, 3.8) is 0 Å². The number of hydrogen-bond acceptors (Lipinski definition) is 7. The molecule has 3 heterocycles. The van der Waals surface area contributed by atoms with Crippen LogP contribution in [0.1, 0.15) is 60.8 Å². The monoisotopic (exact) mass is 695 g/mol. The second-order valence-corrected chi connectivity index (χ2v) is 13.4. The lowest BCUT2D eigenvalue weighted by Crippen LogP contribution is -2.38. The number of H-pyrrole nitrogens is 2. The summed E-state index contributed by atoms with van der Waals surface area (Å²) in [7, 11) is 7.59. The van der Waals surface area contributed by atoms with Gasteiger partial charge in [0.25, 0.3) is 0 Å². The van der Waals surface area contributed by atoms with Gasteiger partial charge >= 0.3 is 0 Å². The number of amides is 2. The molecule has 11 heteroatoms. The van der Waals surface area contributed by atoms with E-state index < -0.39 is 12.1 Å². The average molecular weight is 696 g/mol. The zero-order valence-electron chi connectivity index (χ0n) is 30.3. The summed E-state index contributed by atoms with van der Waals surface area (Å²) < 4.78 is 0. The number of nitrogens with one attached hydrogen (secondary N) is 4. The first-order valence-electron chi connectivity index (χ1n) is 17.3. The van der Waals surface area contributed by atoms with E-state index in [0.717, 1.165) is 44.9 Å². The van der Waals surface area contributed by atoms with E-state index in [-0.39, 0.29) is 23.9 Å². The lowest BCUT2D eigenvalue weighted by molar-refractivity contribution is -0.127. The van der Waals surface area contributed by atoms with Crippen molar-refractivity contribution in [2.75, 3.05) is 28.2 Å². The number of carbonyl (C=O) groups is 2. The van der Waals surface area contributed by atoms with Gasteiger partial charge in [-0.05, 0) is 70.9 Å². The molecule has 6 aromatic rings. The van der Waals surface area contributed by atoms with Crippen molar-refractivity contribution in [2.24, 2.45) is 0 Å². The summed E-state index contributed by atoms with van der Waals surface area (Å²) in [5, 5.41) is 6.21. The molecule has 266 valence electrons. The molecule has 3 aromatic carbocycles. The molecule has 0 fully saturated rings. The highest BCUT2D eigenvalue weighted by atomic mass is 16.2. The number of aromatic nitrogens is 5. The minimum Gasteiger partial charge on any atom is -0.345 e. The van der Waals surface area contributed by atoms with Gasteiger partial charge in [0.15, 0.2) is 0 Å². The van der Waals surface area contributed by atoms with Crippen LogP contribution < -0.4 is 10.6 Å². The van der Waals surface area contributed by atoms with Gasteiger partial charge in [-0.1, -0.05) is 84.9 Å². The predicted octanol–water partition coefficient (Wildman–Crippen LogP) is 6.49. The predicted molar refractivity (Wildman–Crippen MR) is 204 cm³/mol. The van der Waals surface area contributed by atoms with Crippen LogP contribution in [0.2, 0.25) is 0 Å². The fourth-order valence-corrected chi connectivity index (χ4v) is 6.31. The number of carbonyl (C=O) groups excluding carboxylic acids is 2. The Morgan fingerprint density at radius 3 is 1.38 bits per heavy atom. The molecule has 0 saturated heterocycles. The van der Waals surface area contributed by atoms with Crippen molar-refractivity contribution in [3.8, 4) is 33.8 Å². The fraction of sp³-hybridized carbons (Fsp3) is 0.244. The number of aromatic amines is 2. The molecule has 1 unspecified atom stereocenters. The molecule has 0 aliphatic rings. The summed E-state index contributed by atoms with van der Waals surface area (Å²) in [5.41, 5.74) is 7.20. The number of imidazole rings is 2. The van der Waals surface area contributed by atoms with Gasteiger partial charge in [-0.25, -0.2) is 9.97 Å². The lowest BCUT2D eigenvalue weighted by atomic mass is 10.0. The Hall–Kier alpha value is -5.91. The minimum atomic E-state index is -0.411. The molecule has 6 rings (SSSR count). The summed E-state index contributed by atoms with van der Waals surface area (Å²) in [4.78, 5) is 50.9. The van der Waals surface area contributed by atoms with Gasteiger partial charge in [-0.15, -0.1) is 0 Å². The molecule has 0 aliphatic heterocycles. The number of pyridine rings is 1. The molecule has 11 nitrogen and oxygen atoms in total. The lowest BCUT2D eigenvalue weighted by Gasteiger charge is -2.25. The topological polar surface area (TPSA) is 135 Å². The zero-order valence-corrected chi connectivity index (χ0v) is 30.3. The smallest absolute Gasteiger partial charge is 0.242 e. The quantitative estimate of drug-likeness (QED) is 0.109. The van der Waals surface area contributed by atoms with Crippen molar-refractivity contribution in [1.82, 2.24) is 45.4 Å². The van der Waals surface area contributed by atoms with Crippen LogP contribution in [0.15, 0.2) is 116 Å². The van der Waals surface area contributed by atoms with Crippen molar-refractivity contribution in [2.45, 2.75) is 38.0 Å². The third kappa shape index (κ3) is 8.17. The van der Waals surface area contributed by atoms with Gasteiger partial charge in [-0.2, -0.15) is 0 Å². The molecule has 0 saturated carbocycles. The second kappa shape index (κ2) is 16.0. The van der Waals surface area contributed by atoms with Crippen LogP contribution in [0.5, 0.6) is 0 Å². The second-order valence-electron chi connectivity index (χ2n) is 13.4. The van der Waals surface area contributed by atoms with Crippen LogP contribution in [-0.4, -0.2) is 74.7 Å². The van der Waals surface area contributed by atoms with E-state index in [1.54, 1.807) is 12.4 Å². The third-order valence-corrected chi connectivity index (χ3v) is 9.06. The van der Waals surface area contributed by atoms with Crippen LogP contribution in [0.4, 0.5) is 0 Å². The van der Waals surface area contributed by atoms with Crippen molar-refractivity contribution in [3.05, 3.63) is 138 Å². The summed E-state index contributed by atoms with van der Waals surface area (Å²) in [6, 6.07) is 30.1. The van der Waals surface area contributed by atoms with Crippen molar-refractivity contribution < 1.29 is 9.59 Å².